The number of benzene rings is 2. The van der Waals surface area contributed by atoms with Crippen molar-refractivity contribution in [3.63, 3.8) is 0 Å². The quantitative estimate of drug-likeness (QED) is 0.684. The molecule has 1 saturated heterocycles. The van der Waals surface area contributed by atoms with E-state index < -0.39 is 18.5 Å². The molecule has 0 spiro atoms. The van der Waals surface area contributed by atoms with Crippen LogP contribution in [0.25, 0.3) is 0 Å². The van der Waals surface area contributed by atoms with Crippen LogP contribution in [0.3, 0.4) is 0 Å². The third-order valence-electron chi connectivity index (χ3n) is 4.34. The third-order valence-corrected chi connectivity index (χ3v) is 4.34. The number of nitrogens with zero attached hydrogens (tertiary/aromatic N) is 1. The fourth-order valence-electron chi connectivity index (χ4n) is 2.85. The van der Waals surface area contributed by atoms with Gasteiger partial charge in [-0.25, -0.2) is 4.79 Å². The summed E-state index contributed by atoms with van der Waals surface area (Å²) in [5, 5.41) is 0. The second-order valence-corrected chi connectivity index (χ2v) is 6.26. The summed E-state index contributed by atoms with van der Waals surface area (Å²) in [7, 11) is 1.47. The van der Waals surface area contributed by atoms with E-state index >= 15 is 0 Å². The molecular weight excluding hydrogens is 362 g/mol. The predicted octanol–water partition coefficient (Wildman–Crippen LogP) is 2.58. The van der Waals surface area contributed by atoms with Gasteiger partial charge in [0, 0.05) is 13.0 Å². The number of likely N-dealkylation sites (tertiary alicyclic amines) is 1. The van der Waals surface area contributed by atoms with Gasteiger partial charge in [-0.15, -0.1) is 0 Å². The molecule has 2 amide bonds. The van der Waals surface area contributed by atoms with Crippen molar-refractivity contribution in [3.05, 3.63) is 59.7 Å². The van der Waals surface area contributed by atoms with Crippen LogP contribution in [-0.4, -0.2) is 42.9 Å². The lowest BCUT2D eigenvalue weighted by atomic mass is 10.2. The molecule has 0 bridgehead atoms. The Morgan fingerprint density at radius 1 is 1.07 bits per heavy atom. The second-order valence-electron chi connectivity index (χ2n) is 6.26. The summed E-state index contributed by atoms with van der Waals surface area (Å²) in [5.74, 6) is -0.547. The highest BCUT2D eigenvalue weighted by molar-refractivity contribution is 5.98. The van der Waals surface area contributed by atoms with Crippen molar-refractivity contribution < 1.29 is 28.6 Å². The SMILES string of the molecule is COc1cc(C(=O)OCC(=O)N2CCCC2=O)ccc1OCc1ccccc1. The molecule has 3 rings (SSSR count). The van der Waals surface area contributed by atoms with Crippen LogP contribution in [0.2, 0.25) is 0 Å². The van der Waals surface area contributed by atoms with Gasteiger partial charge in [0.25, 0.3) is 5.91 Å². The highest BCUT2D eigenvalue weighted by atomic mass is 16.5. The van der Waals surface area contributed by atoms with Crippen molar-refractivity contribution >= 4 is 17.8 Å². The summed E-state index contributed by atoms with van der Waals surface area (Å²) >= 11 is 0. The fourth-order valence-corrected chi connectivity index (χ4v) is 2.85. The maximum absolute atomic E-state index is 12.2. The van der Waals surface area contributed by atoms with E-state index in [1.807, 2.05) is 30.3 Å². The van der Waals surface area contributed by atoms with Crippen LogP contribution >= 0.6 is 0 Å². The number of hydrogen-bond donors (Lipinski definition) is 0. The van der Waals surface area contributed by atoms with E-state index in [4.69, 9.17) is 14.2 Å². The number of imide groups is 1. The third kappa shape index (κ3) is 4.68. The van der Waals surface area contributed by atoms with Crippen molar-refractivity contribution in [1.29, 1.82) is 0 Å². The topological polar surface area (TPSA) is 82.1 Å². The first-order valence-corrected chi connectivity index (χ1v) is 8.93. The molecule has 0 aromatic heterocycles. The highest BCUT2D eigenvalue weighted by Gasteiger charge is 2.27. The summed E-state index contributed by atoms with van der Waals surface area (Å²) in [6, 6.07) is 14.3. The zero-order valence-electron chi connectivity index (χ0n) is 15.6. The molecule has 1 aliphatic heterocycles. The van der Waals surface area contributed by atoms with E-state index in [-0.39, 0.29) is 11.5 Å². The molecule has 2 aromatic carbocycles. The number of carbonyl (C=O) groups is 3. The Morgan fingerprint density at radius 3 is 2.54 bits per heavy atom. The molecule has 0 saturated carbocycles. The molecule has 1 heterocycles. The van der Waals surface area contributed by atoms with Gasteiger partial charge in [-0.3, -0.25) is 14.5 Å². The van der Waals surface area contributed by atoms with Gasteiger partial charge in [-0.05, 0) is 30.2 Å². The number of hydrogen-bond acceptors (Lipinski definition) is 6. The molecule has 0 aliphatic carbocycles. The predicted molar refractivity (Wildman–Crippen MR) is 100 cm³/mol. The van der Waals surface area contributed by atoms with Crippen LogP contribution in [0.4, 0.5) is 0 Å². The van der Waals surface area contributed by atoms with Crippen LogP contribution < -0.4 is 9.47 Å². The van der Waals surface area contributed by atoms with Gasteiger partial charge in [0.15, 0.2) is 18.1 Å². The monoisotopic (exact) mass is 383 g/mol. The second kappa shape index (κ2) is 9.03. The zero-order valence-corrected chi connectivity index (χ0v) is 15.6. The van der Waals surface area contributed by atoms with Gasteiger partial charge < -0.3 is 14.2 Å². The van der Waals surface area contributed by atoms with E-state index in [9.17, 15) is 14.4 Å². The standard InChI is InChI=1S/C21H21NO6/c1-26-18-12-16(9-10-17(18)27-13-15-6-3-2-4-7-15)21(25)28-14-20(24)22-11-5-8-19(22)23/h2-4,6-7,9-10,12H,5,8,11,13-14H2,1H3. The van der Waals surface area contributed by atoms with Gasteiger partial charge in [0.05, 0.1) is 12.7 Å². The Kier molecular flexibility index (Phi) is 6.26. The van der Waals surface area contributed by atoms with E-state index in [0.717, 1.165) is 10.5 Å². The Labute approximate surface area is 162 Å². The van der Waals surface area contributed by atoms with E-state index in [2.05, 4.69) is 0 Å². The number of rotatable bonds is 7. The van der Waals surface area contributed by atoms with Gasteiger partial charge >= 0.3 is 5.97 Å². The number of amides is 2. The zero-order chi connectivity index (χ0) is 19.9. The van der Waals surface area contributed by atoms with Crippen molar-refractivity contribution in [2.75, 3.05) is 20.3 Å². The largest absolute Gasteiger partial charge is 0.493 e. The lowest BCUT2D eigenvalue weighted by Gasteiger charge is -2.14. The van der Waals surface area contributed by atoms with Crippen LogP contribution in [0.15, 0.2) is 48.5 Å². The molecule has 0 atom stereocenters. The van der Waals surface area contributed by atoms with Crippen LogP contribution in [-0.2, 0) is 20.9 Å². The normalized spacial score (nSPS) is 13.3. The first-order chi connectivity index (χ1) is 13.6. The van der Waals surface area contributed by atoms with E-state index in [0.29, 0.717) is 37.5 Å². The first-order valence-electron chi connectivity index (χ1n) is 8.93. The summed E-state index contributed by atoms with van der Waals surface area (Å²) < 4.78 is 16.1. The molecule has 1 aliphatic rings. The molecule has 2 aromatic rings. The summed E-state index contributed by atoms with van der Waals surface area (Å²) in [6.07, 6.45) is 0.988. The minimum atomic E-state index is -0.673. The van der Waals surface area contributed by atoms with Crippen molar-refractivity contribution in [1.82, 2.24) is 4.90 Å². The number of carbonyl (C=O) groups excluding carboxylic acids is 3. The molecule has 0 unspecified atom stereocenters. The van der Waals surface area contributed by atoms with Gasteiger partial charge in [-0.1, -0.05) is 30.3 Å². The molecule has 1 fully saturated rings. The number of ether oxygens (including phenoxy) is 3. The molecule has 0 radical (unpaired) electrons. The van der Waals surface area contributed by atoms with E-state index in [1.54, 1.807) is 6.07 Å². The van der Waals surface area contributed by atoms with Crippen LogP contribution in [0.1, 0.15) is 28.8 Å². The Morgan fingerprint density at radius 2 is 1.86 bits per heavy atom. The van der Waals surface area contributed by atoms with E-state index in [1.165, 1.54) is 19.2 Å². The van der Waals surface area contributed by atoms with Crippen molar-refractivity contribution in [2.24, 2.45) is 0 Å². The molecule has 7 nitrogen and oxygen atoms in total. The fraction of sp³-hybridized carbons (Fsp3) is 0.286. The lowest BCUT2D eigenvalue weighted by molar-refractivity contribution is -0.143. The van der Waals surface area contributed by atoms with Gasteiger partial charge in [0.1, 0.15) is 6.61 Å². The Bertz CT molecular complexity index is 864. The maximum Gasteiger partial charge on any atom is 0.338 e. The van der Waals surface area contributed by atoms with Gasteiger partial charge in [0.2, 0.25) is 5.91 Å². The lowest BCUT2D eigenvalue weighted by Crippen LogP contribution is -2.35. The van der Waals surface area contributed by atoms with Crippen molar-refractivity contribution in [3.8, 4) is 11.5 Å². The molecular formula is C21H21NO6. The highest BCUT2D eigenvalue weighted by Crippen LogP contribution is 2.29. The number of esters is 1. The minimum absolute atomic E-state index is 0.226. The smallest absolute Gasteiger partial charge is 0.338 e. The molecule has 146 valence electrons. The minimum Gasteiger partial charge on any atom is -0.493 e. The summed E-state index contributed by atoms with van der Waals surface area (Å²) in [6.45, 7) is 0.259. The van der Waals surface area contributed by atoms with Crippen LogP contribution in [0.5, 0.6) is 11.5 Å². The van der Waals surface area contributed by atoms with Crippen LogP contribution in [0, 0.1) is 0 Å². The first kappa shape index (κ1) is 19.4. The molecule has 0 N–H and O–H groups in total. The Hall–Kier alpha value is -3.35. The number of methoxy groups -OCH3 is 1. The van der Waals surface area contributed by atoms with Gasteiger partial charge in [-0.2, -0.15) is 0 Å². The summed E-state index contributed by atoms with van der Waals surface area (Å²) in [4.78, 5) is 36.9. The average Bonchev–Trinajstić information content (AvgIpc) is 3.16. The average molecular weight is 383 g/mol. The Balaban J connectivity index is 1.59. The summed E-state index contributed by atoms with van der Waals surface area (Å²) in [5.41, 5.74) is 1.23. The maximum atomic E-state index is 12.2. The van der Waals surface area contributed by atoms with Crippen molar-refractivity contribution in [2.45, 2.75) is 19.4 Å². The molecule has 7 heteroatoms. The molecule has 28 heavy (non-hydrogen) atoms.